The molecule has 0 radical (unpaired) electrons. The van der Waals surface area contributed by atoms with Crippen molar-refractivity contribution in [3.05, 3.63) is 53.0 Å². The van der Waals surface area contributed by atoms with Crippen LogP contribution in [0.3, 0.4) is 0 Å². The molecule has 1 aliphatic rings. The first kappa shape index (κ1) is 14.4. The Balaban J connectivity index is 1.37. The maximum atomic E-state index is 4.80. The molecule has 5 nitrogen and oxygen atoms in total. The highest BCUT2D eigenvalue weighted by Crippen LogP contribution is 2.35. The van der Waals surface area contributed by atoms with E-state index in [-0.39, 0.29) is 0 Å². The molecule has 0 spiro atoms. The van der Waals surface area contributed by atoms with Crippen LogP contribution in [-0.2, 0) is 6.54 Å². The number of hydrogen-bond acceptors (Lipinski definition) is 5. The van der Waals surface area contributed by atoms with Gasteiger partial charge in [-0.25, -0.2) is 14.6 Å². The summed E-state index contributed by atoms with van der Waals surface area (Å²) in [5, 5.41) is 11.1. The molecular weight excluding hydrogens is 306 g/mol. The van der Waals surface area contributed by atoms with E-state index in [2.05, 4.69) is 32.9 Å². The van der Waals surface area contributed by atoms with E-state index < -0.39 is 0 Å². The summed E-state index contributed by atoms with van der Waals surface area (Å²) in [7, 11) is 0. The topological polar surface area (TPSA) is 55.6 Å². The molecule has 0 unspecified atom stereocenters. The standard InChI is InChI=1S/C17H19N5S/c1-2-4-13(3-1)17-21-15(10-23-17)9-19-14-5-7-16(8-6-14)22-12-18-11-20-22/h5-8,10-13,19H,1-4,9H2. The zero-order valence-corrected chi connectivity index (χ0v) is 13.7. The van der Waals surface area contributed by atoms with E-state index in [1.807, 2.05) is 23.5 Å². The van der Waals surface area contributed by atoms with Crippen LogP contribution >= 0.6 is 11.3 Å². The molecule has 1 aromatic carbocycles. The number of nitrogens with one attached hydrogen (secondary N) is 1. The van der Waals surface area contributed by atoms with Crippen molar-refractivity contribution >= 4 is 17.0 Å². The summed E-state index contributed by atoms with van der Waals surface area (Å²) in [5.41, 5.74) is 3.23. The second-order valence-corrected chi connectivity index (χ2v) is 6.79. The lowest BCUT2D eigenvalue weighted by Crippen LogP contribution is -2.01. The van der Waals surface area contributed by atoms with Crippen molar-refractivity contribution in [3.8, 4) is 5.69 Å². The van der Waals surface area contributed by atoms with Gasteiger partial charge in [0, 0.05) is 17.0 Å². The van der Waals surface area contributed by atoms with Crippen LogP contribution in [0.4, 0.5) is 5.69 Å². The molecule has 1 aliphatic carbocycles. The molecule has 1 fully saturated rings. The summed E-state index contributed by atoms with van der Waals surface area (Å²) in [4.78, 5) is 8.76. The summed E-state index contributed by atoms with van der Waals surface area (Å²) in [6, 6.07) is 8.17. The van der Waals surface area contributed by atoms with Crippen LogP contribution < -0.4 is 5.32 Å². The molecular formula is C17H19N5S. The van der Waals surface area contributed by atoms with Crippen LogP contribution in [0.5, 0.6) is 0 Å². The number of hydrogen-bond donors (Lipinski definition) is 1. The van der Waals surface area contributed by atoms with Crippen molar-refractivity contribution in [2.45, 2.75) is 38.1 Å². The van der Waals surface area contributed by atoms with E-state index in [4.69, 9.17) is 4.98 Å². The first-order valence-electron chi connectivity index (χ1n) is 8.02. The third-order valence-corrected chi connectivity index (χ3v) is 5.35. The van der Waals surface area contributed by atoms with E-state index >= 15 is 0 Å². The highest BCUT2D eigenvalue weighted by molar-refractivity contribution is 7.09. The van der Waals surface area contributed by atoms with E-state index in [0.717, 1.165) is 23.6 Å². The lowest BCUT2D eigenvalue weighted by Gasteiger charge is -2.06. The summed E-state index contributed by atoms with van der Waals surface area (Å²) >= 11 is 1.81. The van der Waals surface area contributed by atoms with Crippen LogP contribution in [0.1, 0.15) is 42.3 Å². The molecule has 4 rings (SSSR count). The molecule has 0 aliphatic heterocycles. The van der Waals surface area contributed by atoms with Gasteiger partial charge in [0.2, 0.25) is 0 Å². The van der Waals surface area contributed by atoms with E-state index in [1.54, 1.807) is 11.0 Å². The second kappa shape index (κ2) is 6.50. The quantitative estimate of drug-likeness (QED) is 0.770. The maximum Gasteiger partial charge on any atom is 0.138 e. The lowest BCUT2D eigenvalue weighted by molar-refractivity contribution is 0.712. The van der Waals surface area contributed by atoms with Crippen molar-refractivity contribution in [2.75, 3.05) is 5.32 Å². The summed E-state index contributed by atoms with van der Waals surface area (Å²) in [6.45, 7) is 0.770. The Kier molecular flexibility index (Phi) is 4.06. The van der Waals surface area contributed by atoms with Gasteiger partial charge in [-0.2, -0.15) is 5.10 Å². The Labute approximate surface area is 139 Å². The summed E-state index contributed by atoms with van der Waals surface area (Å²) in [6.07, 6.45) is 8.57. The molecule has 6 heteroatoms. The Bertz CT molecular complexity index is 742. The third-order valence-electron chi connectivity index (χ3n) is 4.30. The van der Waals surface area contributed by atoms with Gasteiger partial charge in [0.1, 0.15) is 12.7 Å². The lowest BCUT2D eigenvalue weighted by atomic mass is 10.1. The smallest absolute Gasteiger partial charge is 0.138 e. The van der Waals surface area contributed by atoms with Crippen LogP contribution in [-0.4, -0.2) is 19.7 Å². The summed E-state index contributed by atoms with van der Waals surface area (Å²) in [5.74, 6) is 0.704. The zero-order chi connectivity index (χ0) is 15.5. The molecule has 23 heavy (non-hydrogen) atoms. The Morgan fingerprint density at radius 3 is 2.74 bits per heavy atom. The molecule has 0 atom stereocenters. The molecule has 1 N–H and O–H groups in total. The van der Waals surface area contributed by atoms with Gasteiger partial charge in [-0.3, -0.25) is 0 Å². The average Bonchev–Trinajstić information content (AvgIpc) is 3.35. The molecule has 2 aromatic heterocycles. The van der Waals surface area contributed by atoms with Gasteiger partial charge in [-0.15, -0.1) is 11.3 Å². The predicted octanol–water partition coefficient (Wildman–Crippen LogP) is 3.99. The Morgan fingerprint density at radius 1 is 1.17 bits per heavy atom. The van der Waals surface area contributed by atoms with Crippen molar-refractivity contribution in [1.82, 2.24) is 19.7 Å². The van der Waals surface area contributed by atoms with Gasteiger partial charge in [0.25, 0.3) is 0 Å². The first-order chi connectivity index (χ1) is 11.4. The number of aromatic nitrogens is 4. The molecule has 3 aromatic rings. The largest absolute Gasteiger partial charge is 0.379 e. The minimum Gasteiger partial charge on any atom is -0.379 e. The van der Waals surface area contributed by atoms with Crippen LogP contribution in [0.15, 0.2) is 42.3 Å². The Hall–Kier alpha value is -2.21. The van der Waals surface area contributed by atoms with Gasteiger partial charge in [0.05, 0.1) is 22.9 Å². The minimum absolute atomic E-state index is 0.704. The van der Waals surface area contributed by atoms with Crippen molar-refractivity contribution in [3.63, 3.8) is 0 Å². The fourth-order valence-electron chi connectivity index (χ4n) is 3.03. The fraction of sp³-hybridized carbons (Fsp3) is 0.353. The van der Waals surface area contributed by atoms with Crippen LogP contribution in [0.2, 0.25) is 0 Å². The highest BCUT2D eigenvalue weighted by Gasteiger charge is 2.19. The van der Waals surface area contributed by atoms with Gasteiger partial charge in [-0.1, -0.05) is 12.8 Å². The molecule has 2 heterocycles. The average molecular weight is 325 g/mol. The molecule has 1 saturated carbocycles. The number of nitrogens with zero attached hydrogens (tertiary/aromatic N) is 4. The predicted molar refractivity (Wildman–Crippen MR) is 92.0 cm³/mol. The molecule has 0 saturated heterocycles. The van der Waals surface area contributed by atoms with Crippen molar-refractivity contribution in [2.24, 2.45) is 0 Å². The molecule has 0 bridgehead atoms. The second-order valence-electron chi connectivity index (χ2n) is 5.90. The van der Waals surface area contributed by atoms with Gasteiger partial charge in [0.15, 0.2) is 0 Å². The molecule has 0 amide bonds. The van der Waals surface area contributed by atoms with Gasteiger partial charge >= 0.3 is 0 Å². The van der Waals surface area contributed by atoms with E-state index in [1.165, 1.54) is 37.0 Å². The van der Waals surface area contributed by atoms with Crippen LogP contribution in [0.25, 0.3) is 5.69 Å². The Morgan fingerprint density at radius 2 is 2.00 bits per heavy atom. The number of thiazole rings is 1. The SMILES string of the molecule is c1ncn(-c2ccc(NCc3csc(C4CCCC4)n3)cc2)n1. The maximum absolute atomic E-state index is 4.80. The van der Waals surface area contributed by atoms with Gasteiger partial charge < -0.3 is 5.32 Å². The molecule has 118 valence electrons. The minimum atomic E-state index is 0.704. The first-order valence-corrected chi connectivity index (χ1v) is 8.90. The van der Waals surface area contributed by atoms with Crippen molar-refractivity contribution < 1.29 is 0 Å². The number of anilines is 1. The third kappa shape index (κ3) is 3.27. The van der Waals surface area contributed by atoms with Gasteiger partial charge in [-0.05, 0) is 37.1 Å². The van der Waals surface area contributed by atoms with Crippen LogP contribution in [0, 0.1) is 0 Å². The fourth-order valence-corrected chi connectivity index (χ4v) is 4.02. The van der Waals surface area contributed by atoms with E-state index in [9.17, 15) is 0 Å². The van der Waals surface area contributed by atoms with E-state index in [0.29, 0.717) is 5.92 Å². The highest BCUT2D eigenvalue weighted by atomic mass is 32.1. The number of benzene rings is 1. The summed E-state index contributed by atoms with van der Waals surface area (Å²) < 4.78 is 1.75. The normalized spacial score (nSPS) is 15.1. The zero-order valence-electron chi connectivity index (χ0n) is 12.9. The monoisotopic (exact) mass is 325 g/mol. The number of rotatable bonds is 5. The van der Waals surface area contributed by atoms with Crippen molar-refractivity contribution in [1.29, 1.82) is 0 Å².